The molecule has 1 N–H and O–H groups in total. The Bertz CT molecular complexity index is 1110. The smallest absolute Gasteiger partial charge is 0.411 e. The van der Waals surface area contributed by atoms with Crippen LogP contribution in [0.3, 0.4) is 0 Å². The number of carbonyl (C=O) groups is 4. The van der Waals surface area contributed by atoms with E-state index in [-0.39, 0.29) is 32.4 Å². The molecule has 0 fully saturated rings. The monoisotopic (exact) mass is 510 g/mol. The molecule has 1 heterocycles. The number of benzene rings is 2. The molecular weight excluding hydrogens is 476 g/mol. The number of esters is 2. The molecule has 0 bridgehead atoms. The van der Waals surface area contributed by atoms with Crippen molar-refractivity contribution in [3.8, 4) is 0 Å². The van der Waals surface area contributed by atoms with Crippen LogP contribution in [-0.4, -0.2) is 53.6 Å². The first-order valence-electron chi connectivity index (χ1n) is 12.2. The number of nitrogens with one attached hydrogen (secondary N) is 1. The maximum atomic E-state index is 13.4. The van der Waals surface area contributed by atoms with Gasteiger partial charge in [0.15, 0.2) is 0 Å². The van der Waals surface area contributed by atoms with E-state index in [1.807, 2.05) is 54.6 Å². The Kier molecular flexibility index (Phi) is 9.27. The molecule has 9 heteroatoms. The van der Waals surface area contributed by atoms with Gasteiger partial charge in [-0.25, -0.2) is 9.59 Å². The summed E-state index contributed by atoms with van der Waals surface area (Å²) in [4.78, 5) is 52.5. The van der Waals surface area contributed by atoms with Crippen LogP contribution in [0.4, 0.5) is 4.79 Å². The molecular formula is C28H34N2O7. The van der Waals surface area contributed by atoms with Crippen molar-refractivity contribution in [2.24, 2.45) is 0 Å². The Balaban J connectivity index is 1.74. The SMILES string of the molecule is COC(=O)[C@@H](CCC(=O)OC(C)(C)C)NC(=O)[C@@H]1Cc2ccccc2CN1C(=O)OCc1ccccc1. The highest BCUT2D eigenvalue weighted by Crippen LogP contribution is 2.25. The minimum atomic E-state index is -1.08. The normalized spacial score (nSPS) is 15.7. The lowest BCUT2D eigenvalue weighted by Gasteiger charge is -2.35. The number of methoxy groups -OCH3 is 1. The lowest BCUT2D eigenvalue weighted by atomic mass is 9.93. The molecule has 2 amide bonds. The van der Waals surface area contributed by atoms with Crippen LogP contribution in [0.1, 0.15) is 50.3 Å². The molecule has 0 spiro atoms. The van der Waals surface area contributed by atoms with Crippen molar-refractivity contribution in [1.29, 1.82) is 0 Å². The van der Waals surface area contributed by atoms with Crippen LogP contribution in [0, 0.1) is 0 Å². The van der Waals surface area contributed by atoms with E-state index in [4.69, 9.17) is 14.2 Å². The van der Waals surface area contributed by atoms with Crippen molar-refractivity contribution in [1.82, 2.24) is 10.2 Å². The summed E-state index contributed by atoms with van der Waals surface area (Å²) >= 11 is 0. The average Bonchev–Trinajstić information content (AvgIpc) is 2.87. The zero-order valence-corrected chi connectivity index (χ0v) is 21.7. The number of amides is 2. The minimum Gasteiger partial charge on any atom is -0.467 e. The third-order valence-electron chi connectivity index (χ3n) is 5.85. The molecule has 0 saturated heterocycles. The first-order chi connectivity index (χ1) is 17.6. The van der Waals surface area contributed by atoms with Crippen molar-refractivity contribution >= 4 is 23.9 Å². The van der Waals surface area contributed by atoms with Crippen molar-refractivity contribution in [3.63, 3.8) is 0 Å². The number of hydrogen-bond donors (Lipinski definition) is 1. The standard InChI is InChI=1S/C28H34N2O7/c1-28(2,3)37-24(31)15-14-22(26(33)35-4)29-25(32)23-16-20-12-8-9-13-21(20)17-30(23)27(34)36-18-19-10-6-5-7-11-19/h5-13,22-23H,14-18H2,1-4H3,(H,29,32)/t22-,23+/m1/s1. The van der Waals surface area contributed by atoms with Gasteiger partial charge in [0.1, 0.15) is 24.3 Å². The Morgan fingerprint density at radius 3 is 2.30 bits per heavy atom. The zero-order valence-electron chi connectivity index (χ0n) is 21.7. The predicted molar refractivity (Wildman–Crippen MR) is 135 cm³/mol. The zero-order chi connectivity index (χ0) is 27.0. The van der Waals surface area contributed by atoms with E-state index in [0.717, 1.165) is 16.7 Å². The van der Waals surface area contributed by atoms with Crippen molar-refractivity contribution in [2.45, 2.75) is 70.9 Å². The summed E-state index contributed by atoms with van der Waals surface area (Å²) in [6.45, 7) is 5.49. The molecule has 2 aromatic carbocycles. The lowest BCUT2D eigenvalue weighted by Crippen LogP contribution is -2.55. The van der Waals surface area contributed by atoms with E-state index in [1.165, 1.54) is 12.0 Å². The summed E-state index contributed by atoms with van der Waals surface area (Å²) in [7, 11) is 1.21. The Morgan fingerprint density at radius 2 is 1.65 bits per heavy atom. The summed E-state index contributed by atoms with van der Waals surface area (Å²) in [6.07, 6.45) is -0.479. The fourth-order valence-corrected chi connectivity index (χ4v) is 4.07. The number of carbonyl (C=O) groups excluding carboxylic acids is 4. The third-order valence-corrected chi connectivity index (χ3v) is 5.85. The Hall–Kier alpha value is -3.88. The summed E-state index contributed by atoms with van der Waals surface area (Å²) in [5.74, 6) is -1.72. The quantitative estimate of drug-likeness (QED) is 0.427. The lowest BCUT2D eigenvalue weighted by molar-refractivity contribution is -0.155. The van der Waals surface area contributed by atoms with Gasteiger partial charge in [0.05, 0.1) is 13.7 Å². The molecule has 0 radical (unpaired) electrons. The molecule has 0 unspecified atom stereocenters. The third kappa shape index (κ3) is 8.06. The van der Waals surface area contributed by atoms with Crippen molar-refractivity contribution < 1.29 is 33.4 Å². The van der Waals surface area contributed by atoms with Gasteiger partial charge in [0.25, 0.3) is 0 Å². The van der Waals surface area contributed by atoms with E-state index in [0.29, 0.717) is 0 Å². The number of fused-ring (bicyclic) bond motifs is 1. The van der Waals surface area contributed by atoms with Crippen LogP contribution in [0.25, 0.3) is 0 Å². The molecule has 0 aliphatic carbocycles. The van der Waals surface area contributed by atoms with Gasteiger partial charge in [-0.1, -0.05) is 54.6 Å². The molecule has 1 aliphatic rings. The number of rotatable bonds is 8. The van der Waals surface area contributed by atoms with Gasteiger partial charge in [0.2, 0.25) is 5.91 Å². The highest BCUT2D eigenvalue weighted by Gasteiger charge is 2.37. The van der Waals surface area contributed by atoms with Gasteiger partial charge in [0, 0.05) is 12.8 Å². The molecule has 1 aliphatic heterocycles. The van der Waals surface area contributed by atoms with E-state index in [9.17, 15) is 19.2 Å². The fraction of sp³-hybridized carbons (Fsp3) is 0.429. The molecule has 198 valence electrons. The fourth-order valence-electron chi connectivity index (χ4n) is 4.07. The van der Waals surface area contributed by atoms with Gasteiger partial charge >= 0.3 is 18.0 Å². The van der Waals surface area contributed by atoms with Crippen molar-refractivity contribution in [2.75, 3.05) is 7.11 Å². The van der Waals surface area contributed by atoms with E-state index in [2.05, 4.69) is 5.32 Å². The van der Waals surface area contributed by atoms with E-state index >= 15 is 0 Å². The average molecular weight is 511 g/mol. The highest BCUT2D eigenvalue weighted by molar-refractivity contribution is 5.90. The molecule has 0 aromatic heterocycles. The molecule has 9 nitrogen and oxygen atoms in total. The summed E-state index contributed by atoms with van der Waals surface area (Å²) in [6, 6.07) is 14.8. The summed E-state index contributed by atoms with van der Waals surface area (Å²) < 4.78 is 15.7. The second kappa shape index (κ2) is 12.4. The Morgan fingerprint density at radius 1 is 1.00 bits per heavy atom. The van der Waals surface area contributed by atoms with Crippen LogP contribution in [-0.2, 0) is 48.2 Å². The van der Waals surface area contributed by atoms with Crippen LogP contribution in [0.15, 0.2) is 54.6 Å². The van der Waals surface area contributed by atoms with Gasteiger partial charge in [-0.05, 0) is 43.9 Å². The highest BCUT2D eigenvalue weighted by atomic mass is 16.6. The van der Waals surface area contributed by atoms with Crippen LogP contribution < -0.4 is 5.32 Å². The van der Waals surface area contributed by atoms with Gasteiger partial charge in [-0.3, -0.25) is 14.5 Å². The maximum absolute atomic E-state index is 13.4. The minimum absolute atomic E-state index is 0.00487. The molecule has 2 atom stereocenters. The van der Waals surface area contributed by atoms with Gasteiger partial charge < -0.3 is 19.5 Å². The predicted octanol–water partition coefficient (Wildman–Crippen LogP) is 3.53. The second-order valence-corrected chi connectivity index (χ2v) is 9.87. The molecule has 0 saturated carbocycles. The van der Waals surface area contributed by atoms with Crippen LogP contribution in [0.5, 0.6) is 0 Å². The summed E-state index contributed by atoms with van der Waals surface area (Å²) in [5, 5.41) is 2.67. The topological polar surface area (TPSA) is 111 Å². The van der Waals surface area contributed by atoms with Crippen LogP contribution >= 0.6 is 0 Å². The largest absolute Gasteiger partial charge is 0.467 e. The van der Waals surface area contributed by atoms with Crippen LogP contribution in [0.2, 0.25) is 0 Å². The number of ether oxygens (including phenoxy) is 3. The molecule has 37 heavy (non-hydrogen) atoms. The number of nitrogens with zero attached hydrogens (tertiary/aromatic N) is 1. The first-order valence-corrected chi connectivity index (χ1v) is 12.2. The van der Waals surface area contributed by atoms with E-state index in [1.54, 1.807) is 20.8 Å². The number of hydrogen-bond acceptors (Lipinski definition) is 7. The Labute approximate surface area is 217 Å². The molecule has 2 aromatic rings. The van der Waals surface area contributed by atoms with Gasteiger partial charge in [-0.2, -0.15) is 0 Å². The van der Waals surface area contributed by atoms with E-state index < -0.39 is 41.6 Å². The first kappa shape index (κ1) is 27.7. The molecule has 3 rings (SSSR count). The van der Waals surface area contributed by atoms with Crippen molar-refractivity contribution in [3.05, 3.63) is 71.3 Å². The summed E-state index contributed by atoms with van der Waals surface area (Å²) in [5.41, 5.74) is 2.00. The maximum Gasteiger partial charge on any atom is 0.411 e. The van der Waals surface area contributed by atoms with Gasteiger partial charge in [-0.15, -0.1) is 0 Å². The second-order valence-electron chi connectivity index (χ2n) is 9.87.